The van der Waals surface area contributed by atoms with Crippen molar-refractivity contribution >= 4 is 103 Å². The minimum atomic E-state index is -0.172. The molecule has 0 fully saturated rings. The number of nitrogens with zero attached hydrogens (tertiary/aromatic N) is 14. The number of hydrogen-bond acceptors (Lipinski definition) is 12. The molecular weight excluding hydrogens is 1070 g/mol. The maximum absolute atomic E-state index is 11.1. The smallest absolute Gasteiger partial charge is 0.176 e. The van der Waals surface area contributed by atoms with Crippen LogP contribution in [0.15, 0.2) is 152 Å². The van der Waals surface area contributed by atoms with E-state index in [1.807, 2.05) is 149 Å². The summed E-state index contributed by atoms with van der Waals surface area (Å²) in [5.41, 5.74) is 15.9. The second-order valence-corrected chi connectivity index (χ2v) is 19.2. The van der Waals surface area contributed by atoms with E-state index in [1.54, 1.807) is 60.1 Å². The lowest BCUT2D eigenvalue weighted by Crippen LogP contribution is -2.16. The van der Waals surface area contributed by atoms with Crippen LogP contribution in [0.4, 0.5) is 29.1 Å². The summed E-state index contributed by atoms with van der Waals surface area (Å²) in [7, 11) is 5.95. The van der Waals surface area contributed by atoms with Gasteiger partial charge in [-0.2, -0.15) is 20.6 Å². The fourth-order valence-corrected chi connectivity index (χ4v) is 8.50. The second kappa shape index (κ2) is 25.5. The van der Waals surface area contributed by atoms with Crippen LogP contribution in [0.3, 0.4) is 0 Å². The number of imidazole rings is 2. The van der Waals surface area contributed by atoms with Crippen molar-refractivity contribution < 1.29 is 4.79 Å². The fraction of sp³-hybridized carbons (Fsp3) is 0.175. The summed E-state index contributed by atoms with van der Waals surface area (Å²) in [5.74, 6) is 3.98. The van der Waals surface area contributed by atoms with Crippen LogP contribution in [0, 0.1) is 11.3 Å². The summed E-state index contributed by atoms with van der Waals surface area (Å²) in [4.78, 5) is 30.8. The lowest BCUT2D eigenvalue weighted by molar-refractivity contribution is 0.0997. The lowest BCUT2D eigenvalue weighted by Gasteiger charge is -2.18. The zero-order chi connectivity index (χ0) is 55.5. The van der Waals surface area contributed by atoms with E-state index in [-0.39, 0.29) is 12.2 Å². The number of hydrogen-bond donors (Lipinski definition) is 2. The van der Waals surface area contributed by atoms with Crippen LogP contribution in [0.2, 0.25) is 20.1 Å². The number of benzene rings is 4. The van der Waals surface area contributed by atoms with Gasteiger partial charge in [0.2, 0.25) is 0 Å². The highest BCUT2D eigenvalue weighted by atomic mass is 35.5. The van der Waals surface area contributed by atoms with E-state index in [0.29, 0.717) is 21.4 Å². The summed E-state index contributed by atoms with van der Waals surface area (Å²) in [6.45, 7) is 8.44. The number of nitrogens with two attached hydrogens (primary N) is 1. The summed E-state index contributed by atoms with van der Waals surface area (Å²) >= 11 is 23.4. The van der Waals surface area contributed by atoms with Gasteiger partial charge in [0.15, 0.2) is 5.78 Å². The molecule has 0 radical (unpaired) electrons. The van der Waals surface area contributed by atoms with Crippen LogP contribution < -0.4 is 16.0 Å². The Morgan fingerprint density at radius 3 is 1.54 bits per heavy atom. The molecule has 17 nitrogen and oxygen atoms in total. The Hall–Kier alpha value is -8.53. The molecular formula is C57H54Cl4N16O. The molecule has 0 aliphatic heterocycles. The zero-order valence-corrected chi connectivity index (χ0v) is 46.5. The lowest BCUT2D eigenvalue weighted by atomic mass is 10.1. The molecule has 11 aromatic rings. The molecule has 4 aromatic carbocycles. The SMILES string of the molecule is CCn1nc(-c2ccc(Cl)cc2)cc1N.CCn1nc(-c2ccc(Cl)cc2)cc1N(C)c1cc2c(cn1)ncn2C.CCn1nc(-c2ccc(Cl)cc2)cc1Nc1cc2c(cn1)ncn2C.N#CCC(=O)c1ccc(Cl)cc1. The topological polar surface area (TPSA) is 197 Å². The number of carbonyl (C=O) groups is 1. The number of aryl methyl sites for hydroxylation is 5. The molecule has 7 heterocycles. The average molecular weight is 1120 g/mol. The van der Waals surface area contributed by atoms with Gasteiger partial charge in [-0.25, -0.2) is 34.0 Å². The Labute approximate surface area is 471 Å². The van der Waals surface area contributed by atoms with Crippen molar-refractivity contribution in [2.45, 2.75) is 46.8 Å². The zero-order valence-electron chi connectivity index (χ0n) is 43.5. The molecule has 0 spiro atoms. The molecule has 0 saturated heterocycles. The van der Waals surface area contributed by atoms with Gasteiger partial charge in [-0.15, -0.1) is 0 Å². The van der Waals surface area contributed by atoms with Crippen LogP contribution >= 0.6 is 46.4 Å². The number of nitriles is 1. The summed E-state index contributed by atoms with van der Waals surface area (Å²) in [6.07, 6.45) is 7.07. The molecule has 396 valence electrons. The monoisotopic (exact) mass is 1120 g/mol. The van der Waals surface area contributed by atoms with Gasteiger partial charge < -0.3 is 25.1 Å². The number of fused-ring (bicyclic) bond motifs is 2. The maximum Gasteiger partial charge on any atom is 0.176 e. The number of rotatable bonds is 12. The highest BCUT2D eigenvalue weighted by Crippen LogP contribution is 2.31. The third kappa shape index (κ3) is 13.5. The summed E-state index contributed by atoms with van der Waals surface area (Å²) in [5, 5.41) is 28.1. The van der Waals surface area contributed by atoms with Gasteiger partial charge in [0.25, 0.3) is 0 Å². The van der Waals surface area contributed by atoms with Gasteiger partial charge in [-0.3, -0.25) is 4.79 Å². The molecule has 0 bridgehead atoms. The molecule has 0 aliphatic rings. The van der Waals surface area contributed by atoms with Gasteiger partial charge in [0, 0.05) is 113 Å². The standard InChI is InChI=1S/C19H19ClN6.C18H17ClN6.C11H12ClN3.C9H6ClNO/c1-4-26-19(9-15(23-26)13-5-7-14(20)8-6-13)25(3)18-10-17-16(11-21-18)22-12-24(17)2;1-3-25-18(8-14(23-25)12-4-6-13(19)7-5-12)22-17-9-16-15(10-20-17)21-11-24(16)2;1-2-15-11(13)7-10(14-15)8-3-5-9(12)6-4-8;10-8-3-1-7(2-4-8)9(12)5-6-11/h5-12H,4H2,1-3H3;4-11H,3H2,1-2H3,(H,20,22);3-7H,2,13H2,1H3;1-4H,5H2. The van der Waals surface area contributed by atoms with E-state index in [1.165, 1.54) is 0 Å². The third-order valence-electron chi connectivity index (χ3n) is 12.2. The Morgan fingerprint density at radius 2 is 1.04 bits per heavy atom. The van der Waals surface area contributed by atoms with Crippen LogP contribution in [-0.2, 0) is 33.7 Å². The van der Waals surface area contributed by atoms with E-state index in [9.17, 15) is 4.79 Å². The number of aromatic nitrogens is 12. The fourth-order valence-electron chi connectivity index (χ4n) is 8.00. The van der Waals surface area contributed by atoms with Crippen LogP contribution in [0.1, 0.15) is 37.6 Å². The number of anilines is 5. The minimum Gasteiger partial charge on any atom is -0.384 e. The van der Waals surface area contributed by atoms with Crippen molar-refractivity contribution in [1.29, 1.82) is 5.26 Å². The number of Topliss-reactive ketones (excluding diaryl/α,β-unsaturated/α-hetero) is 1. The quantitative estimate of drug-likeness (QED) is 0.110. The molecule has 7 aromatic heterocycles. The van der Waals surface area contributed by atoms with Gasteiger partial charge in [0.05, 0.1) is 65.7 Å². The molecule has 3 N–H and O–H groups in total. The Kier molecular flexibility index (Phi) is 18.2. The molecule has 0 unspecified atom stereocenters. The number of ketones is 1. The van der Waals surface area contributed by atoms with Crippen LogP contribution in [0.5, 0.6) is 0 Å². The molecule has 0 atom stereocenters. The molecule has 11 rings (SSSR count). The third-order valence-corrected chi connectivity index (χ3v) is 13.2. The van der Waals surface area contributed by atoms with Gasteiger partial charge in [-0.1, -0.05) is 82.8 Å². The predicted octanol–water partition coefficient (Wildman–Crippen LogP) is 13.8. The highest BCUT2D eigenvalue weighted by molar-refractivity contribution is 6.31. The van der Waals surface area contributed by atoms with E-state index in [4.69, 9.17) is 62.5 Å². The molecule has 0 amide bonds. The van der Waals surface area contributed by atoms with E-state index >= 15 is 0 Å². The number of halogens is 4. The first-order valence-corrected chi connectivity index (χ1v) is 26.1. The van der Waals surface area contributed by atoms with Gasteiger partial charge in [-0.05, 0) is 81.4 Å². The van der Waals surface area contributed by atoms with E-state index < -0.39 is 0 Å². The van der Waals surface area contributed by atoms with Crippen LogP contribution in [-0.4, -0.2) is 71.2 Å². The molecule has 0 saturated carbocycles. The largest absolute Gasteiger partial charge is 0.384 e. The molecule has 0 aliphatic carbocycles. The number of nitrogen functional groups attached to an aromatic ring is 1. The van der Waals surface area contributed by atoms with Crippen molar-refractivity contribution in [2.75, 3.05) is 23.0 Å². The number of pyridine rings is 2. The maximum atomic E-state index is 11.1. The van der Waals surface area contributed by atoms with E-state index in [2.05, 4.69) is 55.4 Å². The average Bonchev–Trinajstić information content (AvgIpc) is 4.33. The number of nitrogens with one attached hydrogen (secondary N) is 1. The van der Waals surface area contributed by atoms with Crippen molar-refractivity contribution in [3.05, 3.63) is 178 Å². The highest BCUT2D eigenvalue weighted by Gasteiger charge is 2.17. The number of carbonyl (C=O) groups excluding carboxylic acids is 1. The van der Waals surface area contributed by atoms with Gasteiger partial charge >= 0.3 is 0 Å². The van der Waals surface area contributed by atoms with Crippen molar-refractivity contribution in [2.24, 2.45) is 14.1 Å². The normalized spacial score (nSPS) is 10.7. The van der Waals surface area contributed by atoms with Crippen molar-refractivity contribution in [3.63, 3.8) is 0 Å². The molecule has 21 heteroatoms. The second-order valence-electron chi connectivity index (χ2n) is 17.5. The Morgan fingerprint density at radius 1 is 0.590 bits per heavy atom. The molecule has 78 heavy (non-hydrogen) atoms. The minimum absolute atomic E-state index is 0.0817. The van der Waals surface area contributed by atoms with Crippen molar-refractivity contribution in [3.8, 4) is 39.8 Å². The van der Waals surface area contributed by atoms with E-state index in [0.717, 1.165) is 109 Å². The summed E-state index contributed by atoms with van der Waals surface area (Å²) < 4.78 is 9.62. The van der Waals surface area contributed by atoms with Crippen molar-refractivity contribution in [1.82, 2.24) is 58.4 Å². The summed E-state index contributed by atoms with van der Waals surface area (Å²) in [6, 6.07) is 41.2. The van der Waals surface area contributed by atoms with Gasteiger partial charge in [0.1, 0.15) is 40.1 Å². The Bertz CT molecular complexity index is 3840. The predicted molar refractivity (Wildman–Crippen MR) is 314 cm³/mol. The first kappa shape index (κ1) is 55.7. The first-order chi connectivity index (χ1) is 37.6. The van der Waals surface area contributed by atoms with Crippen LogP contribution in [0.25, 0.3) is 55.8 Å². The first-order valence-electron chi connectivity index (χ1n) is 24.6. The Balaban J connectivity index is 0.000000144.